The Balaban J connectivity index is 2.13. The van der Waals surface area contributed by atoms with Crippen LogP contribution < -0.4 is 4.57 Å². The number of benzene rings is 2. The zero-order chi connectivity index (χ0) is 22.7. The Hall–Kier alpha value is -2.61. The molecular weight excluding hydrogens is 352 g/mol. The first-order valence-corrected chi connectivity index (χ1v) is 10.5. The van der Waals surface area contributed by atoms with Crippen LogP contribution in [0.2, 0.25) is 0 Å². The smallest absolute Gasteiger partial charge is 0.237 e. The minimum atomic E-state index is -1.45. The standard InChI is InChI=1S/C27H33N2/c1-18(2)21-12-13-23-22-10-8-9-11-24(22)29(26(23)19(21)3)25-16-20(14-15-28(25)7)17-27(4,5)6/h8-16,18H,17H2,1-7H3/q+1/i17D2. The summed E-state index contributed by atoms with van der Waals surface area (Å²) in [4.78, 5) is 0. The van der Waals surface area contributed by atoms with Gasteiger partial charge in [0.1, 0.15) is 11.0 Å². The second-order valence-electron chi connectivity index (χ2n) is 9.44. The van der Waals surface area contributed by atoms with E-state index in [1.807, 2.05) is 46.1 Å². The van der Waals surface area contributed by atoms with Crippen molar-refractivity contribution in [2.45, 2.75) is 53.8 Å². The van der Waals surface area contributed by atoms with E-state index in [0.717, 1.165) is 11.3 Å². The van der Waals surface area contributed by atoms with Crippen LogP contribution in [0.15, 0.2) is 54.7 Å². The number of para-hydroxylation sites is 1. The van der Waals surface area contributed by atoms with Gasteiger partial charge in [-0.05, 0) is 60.0 Å². The van der Waals surface area contributed by atoms with Crippen molar-refractivity contribution in [3.8, 4) is 5.82 Å². The summed E-state index contributed by atoms with van der Waals surface area (Å²) in [6.07, 6.45) is 0.531. The molecule has 0 saturated carbocycles. The van der Waals surface area contributed by atoms with Gasteiger partial charge in [-0.1, -0.05) is 52.8 Å². The van der Waals surface area contributed by atoms with Crippen molar-refractivity contribution >= 4 is 21.8 Å². The first kappa shape index (κ1) is 17.3. The maximum atomic E-state index is 8.82. The summed E-state index contributed by atoms with van der Waals surface area (Å²) in [5.74, 6) is 1.41. The molecule has 0 aliphatic rings. The van der Waals surface area contributed by atoms with Crippen LogP contribution in [0.25, 0.3) is 27.6 Å². The molecule has 2 aromatic heterocycles. The monoisotopic (exact) mass is 387 g/mol. The molecule has 0 saturated heterocycles. The first-order valence-electron chi connectivity index (χ1n) is 11.5. The van der Waals surface area contributed by atoms with E-state index in [1.165, 1.54) is 27.4 Å². The summed E-state index contributed by atoms with van der Waals surface area (Å²) in [5.41, 5.74) is 5.18. The molecule has 0 aliphatic carbocycles. The van der Waals surface area contributed by atoms with E-state index in [1.54, 1.807) is 0 Å². The number of nitrogens with zero attached hydrogens (tertiary/aromatic N) is 2. The fraction of sp³-hybridized carbons (Fsp3) is 0.370. The molecule has 0 spiro atoms. The molecule has 0 N–H and O–H groups in total. The molecule has 2 heterocycles. The summed E-state index contributed by atoms with van der Waals surface area (Å²) < 4.78 is 22.0. The van der Waals surface area contributed by atoms with Crippen LogP contribution >= 0.6 is 0 Å². The highest BCUT2D eigenvalue weighted by molar-refractivity contribution is 6.10. The third-order valence-corrected chi connectivity index (χ3v) is 5.63. The van der Waals surface area contributed by atoms with Crippen LogP contribution in [0, 0.1) is 12.3 Å². The maximum Gasteiger partial charge on any atom is 0.286 e. The number of aryl methyl sites for hydroxylation is 2. The predicted molar refractivity (Wildman–Crippen MR) is 124 cm³/mol. The Labute approximate surface area is 177 Å². The van der Waals surface area contributed by atoms with Gasteiger partial charge in [0.15, 0.2) is 0 Å². The lowest BCUT2D eigenvalue weighted by Gasteiger charge is -2.18. The fourth-order valence-electron chi connectivity index (χ4n) is 4.39. The lowest BCUT2D eigenvalue weighted by molar-refractivity contribution is -0.665. The molecule has 29 heavy (non-hydrogen) atoms. The fourth-order valence-corrected chi connectivity index (χ4v) is 4.39. The molecule has 150 valence electrons. The number of fused-ring (bicyclic) bond motifs is 3. The Morgan fingerprint density at radius 2 is 1.76 bits per heavy atom. The van der Waals surface area contributed by atoms with Gasteiger partial charge < -0.3 is 0 Å². The van der Waals surface area contributed by atoms with Crippen molar-refractivity contribution in [3.05, 3.63) is 71.4 Å². The van der Waals surface area contributed by atoms with Gasteiger partial charge in [-0.25, -0.2) is 4.57 Å². The highest BCUT2D eigenvalue weighted by Gasteiger charge is 2.24. The first-order chi connectivity index (χ1) is 14.4. The highest BCUT2D eigenvalue weighted by Crippen LogP contribution is 2.36. The SMILES string of the molecule is [2H]C([2H])(c1cc[n+](C)c(-n2c3ccccc3c3ccc(C(C)C)c(C)c32)c1)C(C)(C)C. The molecule has 0 radical (unpaired) electrons. The zero-order valence-electron chi connectivity index (χ0n) is 20.7. The quantitative estimate of drug-likeness (QED) is 0.349. The van der Waals surface area contributed by atoms with Gasteiger partial charge in [0.2, 0.25) is 0 Å². The minimum absolute atomic E-state index is 0.436. The number of hydrogen-bond donors (Lipinski definition) is 0. The summed E-state index contributed by atoms with van der Waals surface area (Å²) in [6, 6.07) is 17.0. The van der Waals surface area contributed by atoms with E-state index in [-0.39, 0.29) is 0 Å². The van der Waals surface area contributed by atoms with Crippen molar-refractivity contribution in [2.75, 3.05) is 0 Å². The van der Waals surface area contributed by atoms with E-state index in [9.17, 15) is 0 Å². The van der Waals surface area contributed by atoms with Crippen molar-refractivity contribution < 1.29 is 7.31 Å². The van der Waals surface area contributed by atoms with Crippen LogP contribution in [-0.4, -0.2) is 4.57 Å². The number of aromatic nitrogens is 2. The van der Waals surface area contributed by atoms with E-state index in [2.05, 4.69) is 66.3 Å². The van der Waals surface area contributed by atoms with Crippen LogP contribution in [0.3, 0.4) is 0 Å². The number of pyridine rings is 1. The van der Waals surface area contributed by atoms with E-state index >= 15 is 0 Å². The Bertz CT molecular complexity index is 1290. The lowest BCUT2D eigenvalue weighted by atomic mass is 9.88. The minimum Gasteiger partial charge on any atom is -0.237 e. The molecule has 0 amide bonds. The van der Waals surface area contributed by atoms with E-state index < -0.39 is 11.8 Å². The van der Waals surface area contributed by atoms with Gasteiger partial charge in [-0.15, -0.1) is 0 Å². The normalized spacial score (nSPS) is 13.9. The van der Waals surface area contributed by atoms with Crippen LogP contribution in [0.4, 0.5) is 0 Å². The van der Waals surface area contributed by atoms with Crippen LogP contribution in [-0.2, 0) is 13.4 Å². The molecule has 4 aromatic rings. The van der Waals surface area contributed by atoms with Crippen LogP contribution in [0.5, 0.6) is 0 Å². The molecule has 2 aromatic carbocycles. The molecule has 0 bridgehead atoms. The summed E-state index contributed by atoms with van der Waals surface area (Å²) in [6.45, 7) is 12.6. The van der Waals surface area contributed by atoms with Crippen molar-refractivity contribution in [1.29, 1.82) is 0 Å². The molecule has 0 atom stereocenters. The number of hydrogen-bond acceptors (Lipinski definition) is 0. The molecule has 2 nitrogen and oxygen atoms in total. The van der Waals surface area contributed by atoms with Gasteiger partial charge >= 0.3 is 0 Å². The largest absolute Gasteiger partial charge is 0.286 e. The predicted octanol–water partition coefficient (Wildman–Crippen LogP) is 6.63. The number of rotatable bonds is 3. The van der Waals surface area contributed by atoms with Crippen molar-refractivity contribution in [1.82, 2.24) is 4.57 Å². The third kappa shape index (κ3) is 3.46. The lowest BCUT2D eigenvalue weighted by Crippen LogP contribution is -2.34. The second-order valence-corrected chi connectivity index (χ2v) is 9.44. The summed E-state index contributed by atoms with van der Waals surface area (Å²) >= 11 is 0. The Kier molecular flexibility index (Phi) is 4.18. The Morgan fingerprint density at radius 3 is 2.45 bits per heavy atom. The highest BCUT2D eigenvalue weighted by atomic mass is 15.1. The zero-order valence-corrected chi connectivity index (χ0v) is 18.7. The van der Waals surface area contributed by atoms with E-state index in [4.69, 9.17) is 2.74 Å². The topological polar surface area (TPSA) is 8.81 Å². The van der Waals surface area contributed by atoms with E-state index in [0.29, 0.717) is 11.5 Å². The van der Waals surface area contributed by atoms with Gasteiger partial charge in [-0.3, -0.25) is 0 Å². The summed E-state index contributed by atoms with van der Waals surface area (Å²) in [7, 11) is 2.04. The van der Waals surface area contributed by atoms with Crippen LogP contribution in [0.1, 0.15) is 60.0 Å². The maximum absolute atomic E-state index is 8.82. The molecule has 0 fully saturated rings. The average molecular weight is 388 g/mol. The molecule has 0 unspecified atom stereocenters. The van der Waals surface area contributed by atoms with Gasteiger partial charge in [-0.2, -0.15) is 4.57 Å². The summed E-state index contributed by atoms with van der Waals surface area (Å²) in [5, 5.41) is 2.46. The second kappa shape index (κ2) is 7.02. The van der Waals surface area contributed by atoms with Gasteiger partial charge in [0, 0.05) is 25.1 Å². The molecular formula is C27H33N2+. The molecule has 0 aliphatic heterocycles. The van der Waals surface area contributed by atoms with Crippen molar-refractivity contribution in [3.63, 3.8) is 0 Å². The Morgan fingerprint density at radius 1 is 1.03 bits per heavy atom. The third-order valence-electron chi connectivity index (χ3n) is 5.63. The van der Waals surface area contributed by atoms with Crippen molar-refractivity contribution in [2.24, 2.45) is 12.5 Å². The van der Waals surface area contributed by atoms with Gasteiger partial charge in [0.05, 0.1) is 13.2 Å². The molecule has 2 heteroatoms. The average Bonchev–Trinajstić information content (AvgIpc) is 3.02. The van der Waals surface area contributed by atoms with Gasteiger partial charge in [0.25, 0.3) is 5.82 Å². The molecule has 4 rings (SSSR count).